The van der Waals surface area contributed by atoms with Gasteiger partial charge in [-0.25, -0.2) is 4.79 Å². The monoisotopic (exact) mass is 510 g/mol. The van der Waals surface area contributed by atoms with Gasteiger partial charge in [0.05, 0.1) is 12.0 Å². The second kappa shape index (κ2) is 8.12. The Balaban J connectivity index is 1.97. The van der Waals surface area contributed by atoms with Gasteiger partial charge in [0.1, 0.15) is 6.04 Å². The zero-order valence-electron chi connectivity index (χ0n) is 15.9. The fourth-order valence-electron chi connectivity index (χ4n) is 3.18. The van der Waals surface area contributed by atoms with Crippen molar-refractivity contribution in [1.29, 1.82) is 0 Å². The van der Waals surface area contributed by atoms with Crippen LogP contribution in [0.3, 0.4) is 0 Å². The number of nitrogens with zero attached hydrogens (tertiary/aromatic N) is 2. The Morgan fingerprint density at radius 3 is 2.61 bits per heavy atom. The highest BCUT2D eigenvalue weighted by Crippen LogP contribution is 2.35. The van der Waals surface area contributed by atoms with Crippen molar-refractivity contribution in [2.45, 2.75) is 26.8 Å². The third kappa shape index (κ3) is 3.75. The predicted octanol–water partition coefficient (Wildman–Crippen LogP) is 4.30. The van der Waals surface area contributed by atoms with E-state index in [-0.39, 0.29) is 0 Å². The molecule has 3 rings (SSSR count). The topological polar surface area (TPSA) is 68.6 Å². The Labute approximate surface area is 181 Å². The number of methoxy groups -OCH3 is 1. The van der Waals surface area contributed by atoms with Crippen LogP contribution in [0.15, 0.2) is 35.2 Å². The lowest BCUT2D eigenvalue weighted by atomic mass is 10.2. The molecule has 1 aromatic carbocycles. The highest BCUT2D eigenvalue weighted by atomic mass is 127. The minimum Gasteiger partial charge on any atom is -0.467 e. The summed E-state index contributed by atoms with van der Waals surface area (Å²) in [6, 6.07) is 9.15. The Morgan fingerprint density at radius 1 is 1.25 bits per heavy atom. The normalized spacial score (nSPS) is 16.8. The molecule has 2 aromatic rings. The van der Waals surface area contributed by atoms with Gasteiger partial charge in [0, 0.05) is 20.6 Å². The van der Waals surface area contributed by atoms with Gasteiger partial charge in [-0.1, -0.05) is 6.07 Å². The van der Waals surface area contributed by atoms with E-state index in [1.807, 2.05) is 38.1 Å². The molecule has 2 amide bonds. The molecule has 8 heteroatoms. The number of hydrogen-bond acceptors (Lipinski definition) is 5. The maximum absolute atomic E-state index is 12.7. The van der Waals surface area contributed by atoms with Crippen LogP contribution in [0.25, 0.3) is 11.8 Å². The van der Waals surface area contributed by atoms with Gasteiger partial charge in [-0.2, -0.15) is 0 Å². The van der Waals surface area contributed by atoms with E-state index in [9.17, 15) is 14.4 Å². The van der Waals surface area contributed by atoms with E-state index >= 15 is 0 Å². The summed E-state index contributed by atoms with van der Waals surface area (Å²) in [6.07, 6.45) is 1.71. The van der Waals surface area contributed by atoms with Crippen molar-refractivity contribution in [3.63, 3.8) is 0 Å². The highest BCUT2D eigenvalue weighted by molar-refractivity contribution is 14.1. The van der Waals surface area contributed by atoms with E-state index in [0.29, 0.717) is 4.91 Å². The first kappa shape index (κ1) is 20.7. The maximum Gasteiger partial charge on any atom is 0.328 e. The van der Waals surface area contributed by atoms with Crippen LogP contribution < -0.4 is 0 Å². The summed E-state index contributed by atoms with van der Waals surface area (Å²) in [5, 5.41) is -0.472. The summed E-state index contributed by atoms with van der Waals surface area (Å²) in [7, 11) is 1.23. The van der Waals surface area contributed by atoms with Gasteiger partial charge in [0.25, 0.3) is 11.1 Å². The van der Waals surface area contributed by atoms with Gasteiger partial charge in [0.15, 0.2) is 0 Å². The number of hydrogen-bond donors (Lipinski definition) is 0. The van der Waals surface area contributed by atoms with Gasteiger partial charge in [-0.15, -0.1) is 0 Å². The number of esters is 1. The lowest BCUT2D eigenvalue weighted by molar-refractivity contribution is -0.148. The summed E-state index contributed by atoms with van der Waals surface area (Å²) < 4.78 is 7.89. The van der Waals surface area contributed by atoms with E-state index in [2.05, 4.69) is 38.0 Å². The number of carbonyl (C=O) groups excluding carboxylic acids is 3. The Kier molecular flexibility index (Phi) is 5.99. The summed E-state index contributed by atoms with van der Waals surface area (Å²) in [4.78, 5) is 38.0. The Hall–Kier alpha value is -2.07. The molecule has 146 valence electrons. The number of aromatic nitrogens is 1. The molecule has 28 heavy (non-hydrogen) atoms. The SMILES string of the molecule is COC(=O)[C@@H](C)N1C(=O)S/C(=C/c2cc(C)n(-c3cccc(I)c3)c2C)C1=O. The summed E-state index contributed by atoms with van der Waals surface area (Å²) >= 11 is 3.11. The molecule has 0 N–H and O–H groups in total. The van der Waals surface area contributed by atoms with E-state index < -0.39 is 23.2 Å². The van der Waals surface area contributed by atoms with Crippen LogP contribution >= 0.6 is 34.4 Å². The zero-order valence-corrected chi connectivity index (χ0v) is 18.8. The number of carbonyl (C=O) groups is 3. The smallest absolute Gasteiger partial charge is 0.328 e. The molecule has 1 atom stereocenters. The standard InChI is InChI=1S/C20H19IN2O4S/c1-11-8-14(12(2)22(11)16-7-5-6-15(21)10-16)9-17-18(24)23(20(26)28-17)13(3)19(25)27-4/h5-10,13H,1-4H3/b17-9+/t13-/m1/s1. The number of thioether (sulfide) groups is 1. The average Bonchev–Trinajstić information content (AvgIpc) is 3.09. The molecular formula is C20H19IN2O4S. The number of ether oxygens (including phenoxy) is 1. The van der Waals surface area contributed by atoms with Crippen molar-refractivity contribution in [2.75, 3.05) is 7.11 Å². The largest absolute Gasteiger partial charge is 0.467 e. The first-order valence-electron chi connectivity index (χ1n) is 8.54. The second-order valence-electron chi connectivity index (χ2n) is 6.39. The molecule has 2 heterocycles. The van der Waals surface area contributed by atoms with Gasteiger partial charge in [-0.3, -0.25) is 14.5 Å². The van der Waals surface area contributed by atoms with Gasteiger partial charge < -0.3 is 9.30 Å². The van der Waals surface area contributed by atoms with Crippen molar-refractivity contribution in [1.82, 2.24) is 9.47 Å². The van der Waals surface area contributed by atoms with Crippen LogP contribution in [-0.2, 0) is 14.3 Å². The predicted molar refractivity (Wildman–Crippen MR) is 117 cm³/mol. The Morgan fingerprint density at radius 2 is 1.96 bits per heavy atom. The molecule has 1 fully saturated rings. The van der Waals surface area contributed by atoms with Crippen molar-refractivity contribution >= 4 is 57.5 Å². The molecule has 1 aliphatic rings. The van der Waals surface area contributed by atoms with Crippen LogP contribution in [0.2, 0.25) is 0 Å². The van der Waals surface area contributed by atoms with Crippen molar-refractivity contribution in [3.8, 4) is 5.69 Å². The van der Waals surface area contributed by atoms with Crippen molar-refractivity contribution < 1.29 is 19.1 Å². The highest BCUT2D eigenvalue weighted by Gasteiger charge is 2.41. The van der Waals surface area contributed by atoms with Gasteiger partial charge >= 0.3 is 5.97 Å². The number of halogens is 1. The molecule has 1 saturated heterocycles. The summed E-state index contributed by atoms with van der Waals surface area (Å²) in [6.45, 7) is 5.45. The van der Waals surface area contributed by atoms with Crippen LogP contribution in [0.4, 0.5) is 4.79 Å². The van der Waals surface area contributed by atoms with E-state index in [4.69, 9.17) is 0 Å². The number of imide groups is 1. The molecule has 0 aliphatic carbocycles. The van der Waals surface area contributed by atoms with Crippen LogP contribution in [0, 0.1) is 17.4 Å². The lowest BCUT2D eigenvalue weighted by Crippen LogP contribution is -2.42. The molecule has 0 bridgehead atoms. The fraction of sp³-hybridized carbons (Fsp3) is 0.250. The average molecular weight is 510 g/mol. The molecule has 0 unspecified atom stereocenters. The zero-order chi connectivity index (χ0) is 20.6. The van der Waals surface area contributed by atoms with Crippen LogP contribution in [-0.4, -0.2) is 39.7 Å². The van der Waals surface area contributed by atoms with E-state index in [1.165, 1.54) is 14.0 Å². The summed E-state index contributed by atoms with van der Waals surface area (Å²) in [5.74, 6) is -1.10. The molecular weight excluding hydrogens is 491 g/mol. The number of aryl methyl sites for hydroxylation is 1. The quantitative estimate of drug-likeness (QED) is 0.349. The van der Waals surface area contributed by atoms with E-state index in [1.54, 1.807) is 6.08 Å². The third-order valence-corrected chi connectivity index (χ3v) is 6.13. The maximum atomic E-state index is 12.7. The molecule has 0 radical (unpaired) electrons. The molecule has 0 saturated carbocycles. The van der Waals surface area contributed by atoms with E-state index in [0.717, 1.165) is 42.9 Å². The minimum atomic E-state index is -0.956. The molecule has 1 aliphatic heterocycles. The molecule has 0 spiro atoms. The van der Waals surface area contributed by atoms with Crippen LogP contribution in [0.5, 0.6) is 0 Å². The third-order valence-electron chi connectivity index (χ3n) is 4.58. The lowest BCUT2D eigenvalue weighted by Gasteiger charge is -2.18. The second-order valence-corrected chi connectivity index (χ2v) is 8.63. The van der Waals surface area contributed by atoms with Gasteiger partial charge in [0.2, 0.25) is 0 Å². The minimum absolute atomic E-state index is 0.295. The number of amides is 2. The first-order chi connectivity index (χ1) is 13.2. The fourth-order valence-corrected chi connectivity index (χ4v) is 4.60. The van der Waals surface area contributed by atoms with Crippen molar-refractivity contribution in [2.24, 2.45) is 0 Å². The Bertz CT molecular complexity index is 1010. The first-order valence-corrected chi connectivity index (χ1v) is 10.4. The van der Waals surface area contributed by atoms with Crippen LogP contribution in [0.1, 0.15) is 23.9 Å². The van der Waals surface area contributed by atoms with Crippen molar-refractivity contribution in [3.05, 3.63) is 55.8 Å². The molecule has 1 aromatic heterocycles. The molecule has 6 nitrogen and oxygen atoms in total. The summed E-state index contributed by atoms with van der Waals surface area (Å²) in [5.41, 5.74) is 3.88. The number of benzene rings is 1. The number of rotatable bonds is 4. The van der Waals surface area contributed by atoms with Gasteiger partial charge in [-0.05, 0) is 91.0 Å².